The molecule has 1 heterocycles. The van der Waals surface area contributed by atoms with E-state index in [9.17, 15) is 4.79 Å². The highest BCUT2D eigenvalue weighted by molar-refractivity contribution is 7.15. The van der Waals surface area contributed by atoms with Gasteiger partial charge in [0.15, 0.2) is 0 Å². The van der Waals surface area contributed by atoms with Crippen molar-refractivity contribution in [3.05, 3.63) is 27.5 Å². The molecule has 1 amide bonds. The van der Waals surface area contributed by atoms with E-state index in [1.807, 2.05) is 12.1 Å². The summed E-state index contributed by atoms with van der Waals surface area (Å²) < 4.78 is 0. The van der Waals surface area contributed by atoms with Crippen molar-refractivity contribution in [2.75, 3.05) is 0 Å². The molecule has 0 fully saturated rings. The van der Waals surface area contributed by atoms with E-state index < -0.39 is 0 Å². The van der Waals surface area contributed by atoms with Crippen molar-refractivity contribution in [3.8, 4) is 0 Å². The summed E-state index contributed by atoms with van der Waals surface area (Å²) in [5.74, 6) is -0.321. The molecule has 0 unspecified atom stereocenters. The van der Waals surface area contributed by atoms with E-state index in [0.717, 1.165) is 6.42 Å². The van der Waals surface area contributed by atoms with E-state index in [4.69, 9.17) is 5.73 Å². The summed E-state index contributed by atoms with van der Waals surface area (Å²) in [6, 6.07) is 1.88. The van der Waals surface area contributed by atoms with Gasteiger partial charge in [0.25, 0.3) is 5.91 Å². The van der Waals surface area contributed by atoms with Gasteiger partial charge in [-0.1, -0.05) is 6.08 Å². The normalized spacial score (nSPS) is 13.5. The van der Waals surface area contributed by atoms with Crippen LogP contribution in [0.2, 0.25) is 0 Å². The highest BCUT2D eigenvalue weighted by Crippen LogP contribution is 2.28. The number of hydrogen-bond donors (Lipinski definition) is 1. The SMILES string of the molecule is NC(=O)c1cc2c(s1)C=CC2. The van der Waals surface area contributed by atoms with Crippen molar-refractivity contribution in [2.45, 2.75) is 6.42 Å². The molecule has 0 radical (unpaired) electrons. The summed E-state index contributed by atoms with van der Waals surface area (Å²) >= 11 is 1.47. The molecule has 1 aromatic heterocycles. The molecular formula is C8H7NOS. The summed E-state index contributed by atoms with van der Waals surface area (Å²) in [6.07, 6.45) is 5.07. The molecule has 1 aliphatic carbocycles. The zero-order valence-corrected chi connectivity index (χ0v) is 6.65. The fourth-order valence-electron chi connectivity index (χ4n) is 1.16. The predicted octanol–water partition coefficient (Wildman–Crippen LogP) is 1.42. The molecule has 0 aliphatic heterocycles. The van der Waals surface area contributed by atoms with E-state index in [1.165, 1.54) is 21.8 Å². The third-order valence-corrected chi connectivity index (χ3v) is 2.85. The van der Waals surface area contributed by atoms with Gasteiger partial charge in [-0.15, -0.1) is 11.3 Å². The van der Waals surface area contributed by atoms with Crippen LogP contribution in [0.5, 0.6) is 0 Å². The van der Waals surface area contributed by atoms with E-state index in [-0.39, 0.29) is 5.91 Å². The highest BCUT2D eigenvalue weighted by atomic mass is 32.1. The molecule has 2 rings (SSSR count). The molecule has 11 heavy (non-hydrogen) atoms. The molecule has 0 aromatic carbocycles. The fraction of sp³-hybridized carbons (Fsp3) is 0.125. The van der Waals surface area contributed by atoms with E-state index in [1.54, 1.807) is 0 Å². The number of carbonyl (C=O) groups excluding carboxylic acids is 1. The lowest BCUT2D eigenvalue weighted by Gasteiger charge is -1.83. The maximum absolute atomic E-state index is 10.7. The minimum Gasteiger partial charge on any atom is -0.365 e. The van der Waals surface area contributed by atoms with E-state index in [0.29, 0.717) is 4.88 Å². The molecule has 1 aliphatic rings. The minimum atomic E-state index is -0.321. The number of primary amides is 1. The second-order valence-corrected chi connectivity index (χ2v) is 3.55. The Hall–Kier alpha value is -1.09. The molecule has 0 saturated carbocycles. The lowest BCUT2D eigenvalue weighted by molar-refractivity contribution is 0.100. The van der Waals surface area contributed by atoms with Crippen molar-refractivity contribution in [3.63, 3.8) is 0 Å². The van der Waals surface area contributed by atoms with Gasteiger partial charge in [0, 0.05) is 4.88 Å². The molecule has 0 bridgehead atoms. The lowest BCUT2D eigenvalue weighted by Crippen LogP contribution is -2.08. The zero-order valence-electron chi connectivity index (χ0n) is 5.83. The first-order chi connectivity index (χ1) is 5.27. The molecular weight excluding hydrogens is 158 g/mol. The molecule has 2 N–H and O–H groups in total. The van der Waals surface area contributed by atoms with Gasteiger partial charge >= 0.3 is 0 Å². The molecule has 3 heteroatoms. The van der Waals surface area contributed by atoms with Crippen LogP contribution in [0.25, 0.3) is 6.08 Å². The summed E-state index contributed by atoms with van der Waals surface area (Å²) in [5.41, 5.74) is 6.35. The Morgan fingerprint density at radius 3 is 3.09 bits per heavy atom. The van der Waals surface area contributed by atoms with Crippen LogP contribution in [0.4, 0.5) is 0 Å². The summed E-state index contributed by atoms with van der Waals surface area (Å²) in [4.78, 5) is 12.6. The van der Waals surface area contributed by atoms with Gasteiger partial charge in [-0.2, -0.15) is 0 Å². The Balaban J connectivity index is 2.49. The second-order valence-electron chi connectivity index (χ2n) is 2.47. The maximum Gasteiger partial charge on any atom is 0.258 e. The van der Waals surface area contributed by atoms with Crippen molar-refractivity contribution in [1.82, 2.24) is 0 Å². The van der Waals surface area contributed by atoms with Gasteiger partial charge in [-0.05, 0) is 24.1 Å². The number of rotatable bonds is 1. The predicted molar refractivity (Wildman–Crippen MR) is 45.6 cm³/mol. The van der Waals surface area contributed by atoms with Crippen LogP contribution >= 0.6 is 11.3 Å². The number of thiophene rings is 1. The van der Waals surface area contributed by atoms with Crippen LogP contribution in [-0.2, 0) is 6.42 Å². The Labute approximate surface area is 68.3 Å². The topological polar surface area (TPSA) is 43.1 Å². The summed E-state index contributed by atoms with van der Waals surface area (Å²) in [7, 11) is 0. The summed E-state index contributed by atoms with van der Waals surface area (Å²) in [5, 5.41) is 0. The number of hydrogen-bond acceptors (Lipinski definition) is 2. The van der Waals surface area contributed by atoms with Gasteiger partial charge < -0.3 is 5.73 Å². The van der Waals surface area contributed by atoms with Crippen LogP contribution < -0.4 is 5.73 Å². The lowest BCUT2D eigenvalue weighted by atomic mass is 10.2. The largest absolute Gasteiger partial charge is 0.365 e. The van der Waals surface area contributed by atoms with Crippen molar-refractivity contribution in [1.29, 1.82) is 0 Å². The maximum atomic E-state index is 10.7. The smallest absolute Gasteiger partial charge is 0.258 e. The first-order valence-electron chi connectivity index (χ1n) is 3.36. The first-order valence-corrected chi connectivity index (χ1v) is 4.18. The molecule has 56 valence electrons. The van der Waals surface area contributed by atoms with Gasteiger partial charge in [0.2, 0.25) is 0 Å². The molecule has 0 spiro atoms. The van der Waals surface area contributed by atoms with Crippen LogP contribution in [0.15, 0.2) is 12.1 Å². The number of nitrogens with two attached hydrogens (primary N) is 1. The Morgan fingerprint density at radius 2 is 2.45 bits per heavy atom. The van der Waals surface area contributed by atoms with Gasteiger partial charge in [-0.3, -0.25) is 4.79 Å². The van der Waals surface area contributed by atoms with Crippen LogP contribution in [0.3, 0.4) is 0 Å². The number of amides is 1. The number of carbonyl (C=O) groups is 1. The van der Waals surface area contributed by atoms with E-state index >= 15 is 0 Å². The number of fused-ring (bicyclic) bond motifs is 1. The molecule has 1 aromatic rings. The Bertz CT molecular complexity index is 338. The van der Waals surface area contributed by atoms with E-state index in [2.05, 4.69) is 6.08 Å². The Morgan fingerprint density at radius 1 is 1.64 bits per heavy atom. The third kappa shape index (κ3) is 0.973. The monoisotopic (exact) mass is 165 g/mol. The van der Waals surface area contributed by atoms with Crippen LogP contribution in [-0.4, -0.2) is 5.91 Å². The molecule has 0 saturated heterocycles. The standard InChI is InChI=1S/C8H7NOS/c9-8(10)7-4-5-2-1-3-6(5)11-7/h1,3-4H,2H2,(H2,9,10). The second kappa shape index (κ2) is 2.20. The van der Waals surface area contributed by atoms with Crippen molar-refractivity contribution < 1.29 is 4.79 Å². The molecule has 0 atom stereocenters. The quantitative estimate of drug-likeness (QED) is 0.671. The third-order valence-electron chi connectivity index (χ3n) is 1.69. The zero-order chi connectivity index (χ0) is 7.84. The highest BCUT2D eigenvalue weighted by Gasteiger charge is 2.12. The van der Waals surface area contributed by atoms with Gasteiger partial charge in [0.1, 0.15) is 0 Å². The first kappa shape index (κ1) is 6.61. The average Bonchev–Trinajstić information content (AvgIpc) is 2.40. The fourth-order valence-corrected chi connectivity index (χ4v) is 2.13. The van der Waals surface area contributed by atoms with Crippen molar-refractivity contribution >= 4 is 23.3 Å². The Kier molecular flexibility index (Phi) is 1.32. The number of allylic oxidation sites excluding steroid dienone is 1. The van der Waals surface area contributed by atoms with Crippen LogP contribution in [0, 0.1) is 0 Å². The van der Waals surface area contributed by atoms with Crippen LogP contribution in [0.1, 0.15) is 20.1 Å². The molecule has 2 nitrogen and oxygen atoms in total. The van der Waals surface area contributed by atoms with Gasteiger partial charge in [0.05, 0.1) is 4.88 Å². The summed E-state index contributed by atoms with van der Waals surface area (Å²) in [6.45, 7) is 0. The average molecular weight is 165 g/mol. The minimum absolute atomic E-state index is 0.321. The van der Waals surface area contributed by atoms with Crippen molar-refractivity contribution in [2.24, 2.45) is 5.73 Å². The van der Waals surface area contributed by atoms with Gasteiger partial charge in [-0.25, -0.2) is 0 Å².